The van der Waals surface area contributed by atoms with Gasteiger partial charge < -0.3 is 0 Å². The molecule has 0 aromatic carbocycles. The average molecular weight is 168 g/mol. The summed E-state index contributed by atoms with van der Waals surface area (Å²) >= 11 is 0. The fraction of sp³-hybridized carbons (Fsp3) is 0.818. The third-order valence-corrected chi connectivity index (χ3v) is 2.03. The molecule has 0 aromatic heterocycles. The first-order valence-corrected chi connectivity index (χ1v) is 5.08. The first-order valence-electron chi connectivity index (χ1n) is 5.08. The van der Waals surface area contributed by atoms with Gasteiger partial charge in [0.05, 0.1) is 0 Å². The predicted molar refractivity (Wildman–Crippen MR) is 52.9 cm³/mol. The maximum absolute atomic E-state index is 10.4. The second-order valence-corrected chi connectivity index (χ2v) is 3.27. The molecule has 0 unspecified atom stereocenters. The van der Waals surface area contributed by atoms with Crippen LogP contribution in [0.1, 0.15) is 58.8 Å². The Morgan fingerprint density at radius 2 is 1.75 bits per heavy atom. The van der Waals surface area contributed by atoms with Crippen molar-refractivity contribution in [3.05, 3.63) is 5.57 Å². The highest BCUT2D eigenvalue weighted by Crippen LogP contribution is 2.11. The Morgan fingerprint density at radius 1 is 1.00 bits per heavy atom. The van der Waals surface area contributed by atoms with Crippen molar-refractivity contribution in [3.8, 4) is 0 Å². The van der Waals surface area contributed by atoms with E-state index >= 15 is 0 Å². The van der Waals surface area contributed by atoms with Gasteiger partial charge in [-0.2, -0.15) is 0 Å². The largest absolute Gasteiger partial charge is 0.234 e. The minimum absolute atomic E-state index is 0.940. The summed E-state index contributed by atoms with van der Waals surface area (Å²) in [6, 6.07) is 0. The van der Waals surface area contributed by atoms with E-state index < -0.39 is 0 Å². The van der Waals surface area contributed by atoms with E-state index in [1.165, 1.54) is 25.7 Å². The van der Waals surface area contributed by atoms with E-state index in [0.717, 1.165) is 24.8 Å². The third-order valence-electron chi connectivity index (χ3n) is 2.03. The molecule has 12 heavy (non-hydrogen) atoms. The average Bonchev–Trinajstić information content (AvgIpc) is 2.10. The van der Waals surface area contributed by atoms with Crippen LogP contribution in [-0.4, -0.2) is 5.94 Å². The first-order chi connectivity index (χ1) is 5.85. The number of hydrogen-bond donors (Lipinski definition) is 0. The third kappa shape index (κ3) is 6.18. The molecular formula is C11H20O. The smallest absolute Gasteiger partial charge is 0.123 e. The molecule has 0 N–H and O–H groups in total. The van der Waals surface area contributed by atoms with Gasteiger partial charge in [0.1, 0.15) is 5.94 Å². The van der Waals surface area contributed by atoms with Crippen molar-refractivity contribution in [1.82, 2.24) is 0 Å². The lowest BCUT2D eigenvalue weighted by Gasteiger charge is -2.00. The van der Waals surface area contributed by atoms with Crippen LogP contribution in [0.5, 0.6) is 0 Å². The molecule has 0 amide bonds. The molecule has 0 aliphatic carbocycles. The molecule has 70 valence electrons. The van der Waals surface area contributed by atoms with E-state index in [2.05, 4.69) is 13.8 Å². The summed E-state index contributed by atoms with van der Waals surface area (Å²) in [7, 11) is 0. The first kappa shape index (κ1) is 11.4. The summed E-state index contributed by atoms with van der Waals surface area (Å²) < 4.78 is 0. The molecule has 1 heteroatoms. The van der Waals surface area contributed by atoms with Gasteiger partial charge in [-0.05, 0) is 19.3 Å². The molecule has 0 saturated heterocycles. The molecule has 0 spiro atoms. The minimum atomic E-state index is 0.940. The Balaban J connectivity index is 3.39. The molecule has 0 aromatic rings. The molecular weight excluding hydrogens is 148 g/mol. The Hall–Kier alpha value is -0.550. The van der Waals surface area contributed by atoms with Gasteiger partial charge >= 0.3 is 0 Å². The maximum Gasteiger partial charge on any atom is 0.123 e. The molecule has 0 radical (unpaired) electrons. The Bertz CT molecular complexity index is 143. The van der Waals surface area contributed by atoms with Crippen molar-refractivity contribution in [2.45, 2.75) is 58.8 Å². The SMILES string of the molecule is CCCCCCC(=C=O)CCC. The standard InChI is InChI=1S/C11H20O/c1-3-5-6-7-9-11(10-12)8-4-2/h3-9H2,1-2H3. The van der Waals surface area contributed by atoms with E-state index in [0.29, 0.717) is 0 Å². The van der Waals surface area contributed by atoms with E-state index in [4.69, 9.17) is 0 Å². The molecule has 0 aliphatic heterocycles. The molecule has 0 rings (SSSR count). The summed E-state index contributed by atoms with van der Waals surface area (Å²) in [5, 5.41) is 0. The van der Waals surface area contributed by atoms with Crippen molar-refractivity contribution in [2.75, 3.05) is 0 Å². The van der Waals surface area contributed by atoms with Gasteiger partial charge in [-0.1, -0.05) is 39.5 Å². The fourth-order valence-electron chi connectivity index (χ4n) is 1.29. The fourth-order valence-corrected chi connectivity index (χ4v) is 1.29. The monoisotopic (exact) mass is 168 g/mol. The highest BCUT2D eigenvalue weighted by molar-refractivity contribution is 5.52. The van der Waals surface area contributed by atoms with Crippen LogP contribution < -0.4 is 0 Å². The zero-order valence-electron chi connectivity index (χ0n) is 8.36. The second-order valence-electron chi connectivity index (χ2n) is 3.27. The molecule has 0 heterocycles. The quantitative estimate of drug-likeness (QED) is 0.420. The number of allylic oxidation sites excluding steroid dienone is 1. The minimum Gasteiger partial charge on any atom is -0.234 e. The molecule has 0 bridgehead atoms. The highest BCUT2D eigenvalue weighted by Gasteiger charge is 1.96. The predicted octanol–water partition coefficient (Wildman–Crippen LogP) is 3.51. The lowest BCUT2D eigenvalue weighted by atomic mass is 10.0. The zero-order chi connectivity index (χ0) is 9.23. The van der Waals surface area contributed by atoms with Crippen molar-refractivity contribution < 1.29 is 4.79 Å². The topological polar surface area (TPSA) is 17.1 Å². The molecule has 0 fully saturated rings. The van der Waals surface area contributed by atoms with Gasteiger partial charge in [0.15, 0.2) is 0 Å². The summed E-state index contributed by atoms with van der Waals surface area (Å²) in [6.07, 6.45) is 7.95. The van der Waals surface area contributed by atoms with Gasteiger partial charge in [0, 0.05) is 5.57 Å². The summed E-state index contributed by atoms with van der Waals surface area (Å²) in [5.74, 6) is 2.05. The molecule has 0 aliphatic rings. The normalized spacial score (nSPS) is 9.50. The van der Waals surface area contributed by atoms with Gasteiger partial charge in [-0.3, -0.25) is 0 Å². The van der Waals surface area contributed by atoms with Crippen LogP contribution in [0.15, 0.2) is 5.57 Å². The number of carbonyl (C=O) groups excluding carboxylic acids is 1. The molecule has 0 atom stereocenters. The summed E-state index contributed by atoms with van der Waals surface area (Å²) in [5.41, 5.74) is 0.980. The number of unbranched alkanes of at least 4 members (excludes halogenated alkanes) is 3. The van der Waals surface area contributed by atoms with E-state index in [1.807, 2.05) is 5.94 Å². The number of rotatable bonds is 7. The van der Waals surface area contributed by atoms with E-state index in [1.54, 1.807) is 0 Å². The molecule has 0 saturated carbocycles. The van der Waals surface area contributed by atoms with E-state index in [9.17, 15) is 4.79 Å². The van der Waals surface area contributed by atoms with Crippen LogP contribution in [0.3, 0.4) is 0 Å². The lowest BCUT2D eigenvalue weighted by Crippen LogP contribution is -1.85. The highest BCUT2D eigenvalue weighted by atomic mass is 16.1. The summed E-state index contributed by atoms with van der Waals surface area (Å²) in [6.45, 7) is 4.30. The van der Waals surface area contributed by atoms with Crippen molar-refractivity contribution in [1.29, 1.82) is 0 Å². The van der Waals surface area contributed by atoms with Crippen LogP contribution in [-0.2, 0) is 4.79 Å². The number of hydrogen-bond acceptors (Lipinski definition) is 1. The van der Waals surface area contributed by atoms with Crippen LogP contribution in [0.2, 0.25) is 0 Å². The van der Waals surface area contributed by atoms with E-state index in [-0.39, 0.29) is 0 Å². The van der Waals surface area contributed by atoms with Gasteiger partial charge in [0.2, 0.25) is 0 Å². The summed E-state index contributed by atoms with van der Waals surface area (Å²) in [4.78, 5) is 10.4. The maximum atomic E-state index is 10.4. The van der Waals surface area contributed by atoms with Crippen LogP contribution in [0.4, 0.5) is 0 Å². The van der Waals surface area contributed by atoms with Gasteiger partial charge in [-0.25, -0.2) is 4.79 Å². The Morgan fingerprint density at radius 3 is 2.25 bits per heavy atom. The second kappa shape index (κ2) is 8.55. The van der Waals surface area contributed by atoms with Crippen molar-refractivity contribution in [3.63, 3.8) is 0 Å². The van der Waals surface area contributed by atoms with Crippen molar-refractivity contribution >= 4 is 5.94 Å². The zero-order valence-corrected chi connectivity index (χ0v) is 8.36. The van der Waals surface area contributed by atoms with Crippen molar-refractivity contribution in [2.24, 2.45) is 0 Å². The lowest BCUT2D eigenvalue weighted by molar-refractivity contribution is 0.562. The van der Waals surface area contributed by atoms with Crippen LogP contribution >= 0.6 is 0 Å². The molecule has 1 nitrogen and oxygen atoms in total. The van der Waals surface area contributed by atoms with Crippen LogP contribution in [0.25, 0.3) is 0 Å². The van der Waals surface area contributed by atoms with Gasteiger partial charge in [-0.15, -0.1) is 0 Å². The Labute approximate surface area is 75.9 Å². The van der Waals surface area contributed by atoms with Gasteiger partial charge in [0.25, 0.3) is 0 Å². The van der Waals surface area contributed by atoms with Crippen LogP contribution in [0, 0.1) is 0 Å². The Kier molecular flexibility index (Phi) is 8.15.